The van der Waals surface area contributed by atoms with Crippen molar-refractivity contribution < 1.29 is 4.79 Å². The molecule has 0 radical (unpaired) electrons. The molecular weight excluding hydrogens is 272 g/mol. The highest BCUT2D eigenvalue weighted by Crippen LogP contribution is 2.13. The van der Waals surface area contributed by atoms with Crippen LogP contribution in [0.4, 0.5) is 11.4 Å². The fraction of sp³-hybridized carbons (Fsp3) is 0.188. The largest absolute Gasteiger partial charge is 0.385 e. The second-order valence-electron chi connectivity index (χ2n) is 4.60. The van der Waals surface area contributed by atoms with Crippen molar-refractivity contribution >= 4 is 28.9 Å². The topological polar surface area (TPSA) is 41.1 Å². The molecule has 0 aliphatic heterocycles. The first-order valence-corrected chi connectivity index (χ1v) is 6.87. The van der Waals surface area contributed by atoms with Crippen molar-refractivity contribution in [3.63, 3.8) is 0 Å². The Kier molecular flexibility index (Phi) is 5.02. The van der Waals surface area contributed by atoms with Crippen molar-refractivity contribution in [2.24, 2.45) is 0 Å². The lowest BCUT2D eigenvalue weighted by atomic mass is 10.2. The molecule has 0 aliphatic rings. The zero-order valence-corrected chi connectivity index (χ0v) is 12.1. The molecule has 0 aliphatic carbocycles. The van der Waals surface area contributed by atoms with Crippen molar-refractivity contribution in [2.45, 2.75) is 13.3 Å². The van der Waals surface area contributed by atoms with E-state index in [1.807, 2.05) is 55.5 Å². The quantitative estimate of drug-likeness (QED) is 0.870. The zero-order valence-electron chi connectivity index (χ0n) is 11.3. The van der Waals surface area contributed by atoms with Crippen LogP contribution in [0.25, 0.3) is 0 Å². The van der Waals surface area contributed by atoms with Gasteiger partial charge in [0, 0.05) is 29.4 Å². The number of hydrogen-bond acceptors (Lipinski definition) is 2. The molecule has 2 aromatic rings. The summed E-state index contributed by atoms with van der Waals surface area (Å²) in [6.45, 7) is 2.58. The van der Waals surface area contributed by atoms with Gasteiger partial charge in [0.2, 0.25) is 5.91 Å². The van der Waals surface area contributed by atoms with Gasteiger partial charge < -0.3 is 10.6 Å². The molecule has 20 heavy (non-hydrogen) atoms. The summed E-state index contributed by atoms with van der Waals surface area (Å²) >= 11 is 5.81. The van der Waals surface area contributed by atoms with E-state index in [0.29, 0.717) is 18.0 Å². The van der Waals surface area contributed by atoms with Crippen LogP contribution >= 0.6 is 11.6 Å². The minimum atomic E-state index is -0.00272. The molecule has 0 atom stereocenters. The molecule has 0 saturated heterocycles. The van der Waals surface area contributed by atoms with Crippen molar-refractivity contribution in [3.8, 4) is 0 Å². The smallest absolute Gasteiger partial charge is 0.226 e. The van der Waals surface area contributed by atoms with Crippen molar-refractivity contribution in [3.05, 3.63) is 59.1 Å². The highest BCUT2D eigenvalue weighted by Gasteiger charge is 2.02. The Morgan fingerprint density at radius 2 is 1.85 bits per heavy atom. The highest BCUT2D eigenvalue weighted by atomic mass is 35.5. The van der Waals surface area contributed by atoms with Crippen molar-refractivity contribution in [2.75, 3.05) is 17.2 Å². The number of amides is 1. The molecule has 4 heteroatoms. The van der Waals surface area contributed by atoms with Crippen LogP contribution in [-0.2, 0) is 4.79 Å². The summed E-state index contributed by atoms with van der Waals surface area (Å²) in [6.07, 6.45) is 0.413. The van der Waals surface area contributed by atoms with Gasteiger partial charge in [0.1, 0.15) is 0 Å². The standard InChI is InChI=1S/C16H17ClN2O/c1-12-3-2-4-15(11-12)19-16(20)9-10-18-14-7-5-13(17)6-8-14/h2-8,11,18H,9-10H2,1H3,(H,19,20). The Morgan fingerprint density at radius 3 is 2.55 bits per heavy atom. The predicted octanol–water partition coefficient (Wildman–Crippen LogP) is 4.09. The van der Waals surface area contributed by atoms with E-state index in [-0.39, 0.29) is 5.91 Å². The number of halogens is 1. The summed E-state index contributed by atoms with van der Waals surface area (Å²) in [4.78, 5) is 11.8. The summed E-state index contributed by atoms with van der Waals surface area (Å²) in [7, 11) is 0. The minimum Gasteiger partial charge on any atom is -0.385 e. The number of hydrogen-bond donors (Lipinski definition) is 2. The molecule has 2 aromatic carbocycles. The van der Waals surface area contributed by atoms with E-state index in [4.69, 9.17) is 11.6 Å². The fourth-order valence-corrected chi connectivity index (χ4v) is 1.96. The van der Waals surface area contributed by atoms with E-state index in [0.717, 1.165) is 16.9 Å². The second kappa shape index (κ2) is 6.96. The molecule has 104 valence electrons. The monoisotopic (exact) mass is 288 g/mol. The van der Waals surface area contributed by atoms with Gasteiger partial charge in [0.05, 0.1) is 0 Å². The van der Waals surface area contributed by atoms with Crippen LogP contribution in [0.5, 0.6) is 0 Å². The fourth-order valence-electron chi connectivity index (χ4n) is 1.83. The Labute approximate surface area is 124 Å². The SMILES string of the molecule is Cc1cccc(NC(=O)CCNc2ccc(Cl)cc2)c1. The average Bonchev–Trinajstić information content (AvgIpc) is 2.41. The number of carbonyl (C=O) groups excluding carboxylic acids is 1. The lowest BCUT2D eigenvalue weighted by molar-refractivity contribution is -0.115. The second-order valence-corrected chi connectivity index (χ2v) is 5.04. The number of aryl methyl sites for hydroxylation is 1. The third-order valence-electron chi connectivity index (χ3n) is 2.83. The average molecular weight is 289 g/mol. The van der Waals surface area contributed by atoms with Gasteiger partial charge in [0.25, 0.3) is 0 Å². The molecule has 1 amide bonds. The lowest BCUT2D eigenvalue weighted by Crippen LogP contribution is -2.16. The summed E-state index contributed by atoms with van der Waals surface area (Å²) in [6, 6.07) is 15.2. The van der Waals surface area contributed by atoms with Crippen molar-refractivity contribution in [1.29, 1.82) is 0 Å². The lowest BCUT2D eigenvalue weighted by Gasteiger charge is -2.08. The van der Waals surface area contributed by atoms with E-state index in [9.17, 15) is 4.79 Å². The Balaban J connectivity index is 1.76. The maximum absolute atomic E-state index is 11.8. The molecule has 0 saturated carbocycles. The normalized spacial score (nSPS) is 10.1. The Hall–Kier alpha value is -2.00. The van der Waals surface area contributed by atoms with Gasteiger partial charge in [-0.25, -0.2) is 0 Å². The highest BCUT2D eigenvalue weighted by molar-refractivity contribution is 6.30. The van der Waals surface area contributed by atoms with Crippen LogP contribution in [0.2, 0.25) is 5.02 Å². The van der Waals surface area contributed by atoms with Gasteiger partial charge in [-0.05, 0) is 48.9 Å². The van der Waals surface area contributed by atoms with Crippen LogP contribution < -0.4 is 10.6 Å². The molecule has 2 N–H and O–H groups in total. The number of carbonyl (C=O) groups is 1. The van der Waals surface area contributed by atoms with Crippen LogP contribution in [0, 0.1) is 6.92 Å². The first kappa shape index (κ1) is 14.4. The van der Waals surface area contributed by atoms with E-state index in [1.165, 1.54) is 0 Å². The van der Waals surface area contributed by atoms with Crippen molar-refractivity contribution in [1.82, 2.24) is 0 Å². The third-order valence-corrected chi connectivity index (χ3v) is 3.08. The maximum Gasteiger partial charge on any atom is 0.226 e. The molecule has 0 aromatic heterocycles. The van der Waals surface area contributed by atoms with Crippen LogP contribution in [0.15, 0.2) is 48.5 Å². The molecular formula is C16H17ClN2O. The van der Waals surface area contributed by atoms with Crippen LogP contribution in [0.1, 0.15) is 12.0 Å². The van der Waals surface area contributed by atoms with E-state index < -0.39 is 0 Å². The van der Waals surface area contributed by atoms with Gasteiger partial charge in [-0.2, -0.15) is 0 Å². The van der Waals surface area contributed by atoms with Gasteiger partial charge in [-0.3, -0.25) is 4.79 Å². The Morgan fingerprint density at radius 1 is 1.10 bits per heavy atom. The summed E-state index contributed by atoms with van der Waals surface area (Å²) < 4.78 is 0. The van der Waals surface area contributed by atoms with Gasteiger partial charge in [-0.1, -0.05) is 23.7 Å². The summed E-state index contributed by atoms with van der Waals surface area (Å²) in [5.74, 6) is -0.00272. The van der Waals surface area contributed by atoms with E-state index in [2.05, 4.69) is 10.6 Å². The van der Waals surface area contributed by atoms with Crippen LogP contribution in [0.3, 0.4) is 0 Å². The molecule has 0 spiro atoms. The molecule has 2 rings (SSSR count). The molecule has 0 heterocycles. The first-order valence-electron chi connectivity index (χ1n) is 6.49. The number of nitrogens with one attached hydrogen (secondary N) is 2. The number of benzene rings is 2. The van der Waals surface area contributed by atoms with Gasteiger partial charge >= 0.3 is 0 Å². The van der Waals surface area contributed by atoms with E-state index in [1.54, 1.807) is 0 Å². The minimum absolute atomic E-state index is 0.00272. The molecule has 0 unspecified atom stereocenters. The summed E-state index contributed by atoms with van der Waals surface area (Å²) in [5.41, 5.74) is 2.92. The Bertz CT molecular complexity index is 581. The molecule has 0 fully saturated rings. The van der Waals surface area contributed by atoms with Gasteiger partial charge in [0.15, 0.2) is 0 Å². The van der Waals surface area contributed by atoms with Crippen LogP contribution in [-0.4, -0.2) is 12.5 Å². The number of anilines is 2. The van der Waals surface area contributed by atoms with Gasteiger partial charge in [-0.15, -0.1) is 0 Å². The van der Waals surface area contributed by atoms with E-state index >= 15 is 0 Å². The molecule has 3 nitrogen and oxygen atoms in total. The first-order chi connectivity index (χ1) is 9.63. The predicted molar refractivity (Wildman–Crippen MR) is 84.4 cm³/mol. The number of rotatable bonds is 5. The molecule has 0 bridgehead atoms. The maximum atomic E-state index is 11.8. The summed E-state index contributed by atoms with van der Waals surface area (Å²) in [5, 5.41) is 6.76. The third kappa shape index (κ3) is 4.59. The zero-order chi connectivity index (χ0) is 14.4.